The smallest absolute Gasteiger partial charge is 0.102 e. The first-order valence-corrected chi connectivity index (χ1v) is 2.21. The molecule has 0 fully saturated rings. The van der Waals surface area contributed by atoms with E-state index < -0.39 is 6.23 Å². The van der Waals surface area contributed by atoms with Crippen molar-refractivity contribution in [3.05, 3.63) is 0 Å². The third kappa shape index (κ3) is 3.92. The highest BCUT2D eigenvalue weighted by Crippen LogP contribution is 1.85. The normalized spacial score (nSPS) is 14.5. The molecule has 0 saturated heterocycles. The van der Waals surface area contributed by atoms with Crippen LogP contribution in [0.1, 0.15) is 19.8 Å². The molecule has 0 aliphatic heterocycles. The molecule has 0 aliphatic rings. The van der Waals surface area contributed by atoms with Crippen LogP contribution < -0.4 is 5.73 Å². The van der Waals surface area contributed by atoms with Crippen LogP contribution in [0.3, 0.4) is 0 Å². The van der Waals surface area contributed by atoms with E-state index in [1.165, 1.54) is 0 Å². The van der Waals surface area contributed by atoms with Crippen molar-refractivity contribution in [2.45, 2.75) is 26.0 Å². The molecule has 0 spiro atoms. The lowest BCUT2D eigenvalue weighted by Crippen LogP contribution is -2.17. The summed E-state index contributed by atoms with van der Waals surface area (Å²) >= 11 is 0. The fraction of sp³-hybridized carbons (Fsp3) is 1.00. The third-order valence-electron chi connectivity index (χ3n) is 0.584. The molecule has 0 aromatic rings. The topological polar surface area (TPSA) is 46.2 Å². The molecule has 0 heterocycles. The molecule has 1 atom stereocenters. The molecule has 0 radical (unpaired) electrons. The fourth-order valence-electron chi connectivity index (χ4n) is 0.296. The average Bonchev–Trinajstić information content (AvgIpc) is 1.35. The summed E-state index contributed by atoms with van der Waals surface area (Å²) in [5, 5.41) is 8.33. The molecular formula is C4H11NO. The highest BCUT2D eigenvalue weighted by atomic mass is 16.3. The van der Waals surface area contributed by atoms with Crippen LogP contribution in [0.2, 0.25) is 0 Å². The average molecular weight is 89.1 g/mol. The van der Waals surface area contributed by atoms with Gasteiger partial charge in [-0.2, -0.15) is 0 Å². The Bertz CT molecular complexity index is 28.7. The van der Waals surface area contributed by atoms with Gasteiger partial charge in [0, 0.05) is 0 Å². The summed E-state index contributed by atoms with van der Waals surface area (Å²) in [4.78, 5) is 0. The zero-order valence-electron chi connectivity index (χ0n) is 4.02. The second-order valence-corrected chi connectivity index (χ2v) is 1.36. The summed E-state index contributed by atoms with van der Waals surface area (Å²) in [5.41, 5.74) is 4.96. The third-order valence-corrected chi connectivity index (χ3v) is 0.584. The van der Waals surface area contributed by atoms with Gasteiger partial charge >= 0.3 is 0 Å². The van der Waals surface area contributed by atoms with Crippen LogP contribution in [0.15, 0.2) is 0 Å². The molecular weight excluding hydrogens is 78.0 g/mol. The summed E-state index contributed by atoms with van der Waals surface area (Å²) in [6, 6.07) is 0. The number of aliphatic hydroxyl groups is 1. The first kappa shape index (κ1) is 5.92. The van der Waals surface area contributed by atoms with E-state index in [2.05, 4.69) is 0 Å². The summed E-state index contributed by atoms with van der Waals surface area (Å²) in [5.74, 6) is 0. The number of nitrogens with two attached hydrogens (primary N) is 1. The van der Waals surface area contributed by atoms with Crippen LogP contribution >= 0.6 is 0 Å². The fourth-order valence-corrected chi connectivity index (χ4v) is 0.296. The molecule has 2 nitrogen and oxygen atoms in total. The molecule has 38 valence electrons. The zero-order valence-corrected chi connectivity index (χ0v) is 4.02. The first-order valence-electron chi connectivity index (χ1n) is 2.21. The lowest BCUT2D eigenvalue weighted by molar-refractivity contribution is 0.171. The van der Waals surface area contributed by atoms with Crippen molar-refractivity contribution in [1.29, 1.82) is 0 Å². The number of hydrogen-bond donors (Lipinski definition) is 2. The van der Waals surface area contributed by atoms with Gasteiger partial charge in [-0.15, -0.1) is 0 Å². The van der Waals surface area contributed by atoms with Gasteiger partial charge in [0.1, 0.15) is 6.23 Å². The van der Waals surface area contributed by atoms with Crippen molar-refractivity contribution >= 4 is 0 Å². The molecule has 0 rings (SSSR count). The van der Waals surface area contributed by atoms with E-state index in [9.17, 15) is 0 Å². The Morgan fingerprint density at radius 1 is 1.83 bits per heavy atom. The van der Waals surface area contributed by atoms with Crippen LogP contribution in [0.4, 0.5) is 0 Å². The molecule has 0 aromatic carbocycles. The summed E-state index contributed by atoms with van der Waals surface area (Å²) in [6.45, 7) is 1.98. The molecule has 1 unspecified atom stereocenters. The van der Waals surface area contributed by atoms with Crippen molar-refractivity contribution in [2.75, 3.05) is 0 Å². The number of rotatable bonds is 2. The highest BCUT2D eigenvalue weighted by Gasteiger charge is 1.87. The molecule has 2 heteroatoms. The highest BCUT2D eigenvalue weighted by molar-refractivity contribution is 4.38. The van der Waals surface area contributed by atoms with Gasteiger partial charge in [-0.1, -0.05) is 13.3 Å². The largest absolute Gasteiger partial charge is 0.379 e. The van der Waals surface area contributed by atoms with E-state index in [0.29, 0.717) is 6.42 Å². The van der Waals surface area contributed by atoms with Crippen LogP contribution in [-0.2, 0) is 0 Å². The minimum Gasteiger partial charge on any atom is -0.379 e. The Morgan fingerprint density at radius 3 is 2.33 bits per heavy atom. The lowest BCUT2D eigenvalue weighted by atomic mass is 10.3. The van der Waals surface area contributed by atoms with Gasteiger partial charge in [-0.05, 0) is 6.42 Å². The van der Waals surface area contributed by atoms with Gasteiger partial charge < -0.3 is 10.8 Å². The predicted octanol–water partition coefficient (Wildman–Crippen LogP) is 0.0636. The van der Waals surface area contributed by atoms with E-state index in [1.807, 2.05) is 6.92 Å². The minimum atomic E-state index is -0.602. The molecule has 0 amide bonds. The Labute approximate surface area is 38.0 Å². The van der Waals surface area contributed by atoms with E-state index in [0.717, 1.165) is 6.42 Å². The van der Waals surface area contributed by atoms with Gasteiger partial charge in [0.25, 0.3) is 0 Å². The maximum absolute atomic E-state index is 8.33. The summed E-state index contributed by atoms with van der Waals surface area (Å²) in [7, 11) is 0. The lowest BCUT2D eigenvalue weighted by Gasteiger charge is -1.96. The Hall–Kier alpha value is -0.0800. The van der Waals surface area contributed by atoms with E-state index >= 15 is 0 Å². The van der Waals surface area contributed by atoms with Crippen molar-refractivity contribution in [3.8, 4) is 0 Å². The Morgan fingerprint density at radius 2 is 2.33 bits per heavy atom. The van der Waals surface area contributed by atoms with Crippen LogP contribution in [0, 0.1) is 0 Å². The summed E-state index contributed by atoms with van der Waals surface area (Å²) < 4.78 is 0. The van der Waals surface area contributed by atoms with Crippen LogP contribution in [0.25, 0.3) is 0 Å². The predicted molar refractivity (Wildman–Crippen MR) is 25.1 cm³/mol. The molecule has 0 aromatic heterocycles. The second-order valence-electron chi connectivity index (χ2n) is 1.36. The minimum absolute atomic E-state index is 0.602. The zero-order chi connectivity index (χ0) is 4.99. The van der Waals surface area contributed by atoms with Gasteiger partial charge in [-0.25, -0.2) is 0 Å². The Balaban J connectivity index is 2.63. The van der Waals surface area contributed by atoms with E-state index in [-0.39, 0.29) is 0 Å². The van der Waals surface area contributed by atoms with Crippen molar-refractivity contribution in [3.63, 3.8) is 0 Å². The second kappa shape index (κ2) is 3.12. The van der Waals surface area contributed by atoms with Crippen LogP contribution in [-0.4, -0.2) is 11.3 Å². The molecule has 0 saturated carbocycles. The van der Waals surface area contributed by atoms with E-state index in [1.54, 1.807) is 0 Å². The Kier molecular flexibility index (Phi) is 3.08. The molecule has 6 heavy (non-hydrogen) atoms. The van der Waals surface area contributed by atoms with Crippen molar-refractivity contribution in [1.82, 2.24) is 0 Å². The first-order chi connectivity index (χ1) is 2.77. The SMILES string of the molecule is CCCC(N)O. The summed E-state index contributed by atoms with van der Waals surface area (Å²) in [6.07, 6.45) is 1.06. The molecule has 0 aliphatic carbocycles. The molecule has 0 bridgehead atoms. The van der Waals surface area contributed by atoms with E-state index in [4.69, 9.17) is 10.8 Å². The van der Waals surface area contributed by atoms with Crippen LogP contribution in [0.5, 0.6) is 0 Å². The van der Waals surface area contributed by atoms with Gasteiger partial charge in [-0.3, -0.25) is 0 Å². The van der Waals surface area contributed by atoms with Crippen molar-refractivity contribution < 1.29 is 5.11 Å². The van der Waals surface area contributed by atoms with Gasteiger partial charge in [0.2, 0.25) is 0 Å². The van der Waals surface area contributed by atoms with Gasteiger partial charge in [0.05, 0.1) is 0 Å². The number of aliphatic hydroxyl groups excluding tert-OH is 1. The maximum atomic E-state index is 8.33. The maximum Gasteiger partial charge on any atom is 0.102 e. The molecule has 3 N–H and O–H groups in total. The standard InChI is InChI=1S/C4H11NO/c1-2-3-4(5)6/h4,6H,2-3,5H2,1H3. The number of hydrogen-bond acceptors (Lipinski definition) is 2. The monoisotopic (exact) mass is 89.1 g/mol. The van der Waals surface area contributed by atoms with Crippen molar-refractivity contribution in [2.24, 2.45) is 5.73 Å². The van der Waals surface area contributed by atoms with Gasteiger partial charge in [0.15, 0.2) is 0 Å². The quantitative estimate of drug-likeness (QED) is 0.470.